The summed E-state index contributed by atoms with van der Waals surface area (Å²) in [5.74, 6) is -0.366. The zero-order chi connectivity index (χ0) is 10.6. The summed E-state index contributed by atoms with van der Waals surface area (Å²) in [6.07, 6.45) is 8.11. The van der Waals surface area contributed by atoms with E-state index < -0.39 is 11.5 Å². The van der Waals surface area contributed by atoms with Gasteiger partial charge in [-0.2, -0.15) is 0 Å². The van der Waals surface area contributed by atoms with Crippen molar-refractivity contribution in [1.82, 2.24) is 0 Å². The van der Waals surface area contributed by atoms with Gasteiger partial charge >= 0.3 is 5.97 Å². The summed E-state index contributed by atoms with van der Waals surface area (Å²) in [4.78, 5) is 21.9. The maximum absolute atomic E-state index is 11.0. The van der Waals surface area contributed by atoms with Crippen LogP contribution in [0.3, 0.4) is 0 Å². The summed E-state index contributed by atoms with van der Waals surface area (Å²) in [5, 5.41) is 0. The molecule has 0 saturated carbocycles. The molecule has 0 fully saturated rings. The predicted octanol–water partition coefficient (Wildman–Crippen LogP) is 1.64. The molecule has 0 N–H and O–H groups in total. The molecule has 0 bridgehead atoms. The van der Waals surface area contributed by atoms with Crippen LogP contribution in [0.15, 0.2) is 24.3 Å². The van der Waals surface area contributed by atoms with E-state index in [1.54, 1.807) is 24.3 Å². The van der Waals surface area contributed by atoms with Gasteiger partial charge in [-0.1, -0.05) is 25.2 Å². The van der Waals surface area contributed by atoms with Gasteiger partial charge in [0.2, 0.25) is 0 Å². The van der Waals surface area contributed by atoms with Gasteiger partial charge < -0.3 is 9.53 Å². The minimum Gasteiger partial charge on any atom is -0.457 e. The Balaban J connectivity index is 2.90. The fourth-order valence-electron chi connectivity index (χ4n) is 1.51. The number of rotatable bonds is 3. The molecular formula is C11H14O3. The second-order valence-electron chi connectivity index (χ2n) is 3.36. The van der Waals surface area contributed by atoms with Crippen molar-refractivity contribution in [3.63, 3.8) is 0 Å². The quantitative estimate of drug-likeness (QED) is 0.506. The van der Waals surface area contributed by atoms with Crippen LogP contribution in [0.25, 0.3) is 0 Å². The molecule has 0 aliphatic heterocycles. The number of hydrogen-bond donors (Lipinski definition) is 0. The number of allylic oxidation sites excluding steroid dienone is 2. The first-order valence-electron chi connectivity index (χ1n) is 4.64. The lowest BCUT2D eigenvalue weighted by Crippen LogP contribution is -2.37. The highest BCUT2D eigenvalue weighted by molar-refractivity contribution is 5.70. The Morgan fingerprint density at radius 2 is 2.29 bits per heavy atom. The van der Waals surface area contributed by atoms with Gasteiger partial charge in [-0.3, -0.25) is 4.79 Å². The zero-order valence-corrected chi connectivity index (χ0v) is 8.40. The van der Waals surface area contributed by atoms with Gasteiger partial charge in [-0.25, -0.2) is 0 Å². The summed E-state index contributed by atoms with van der Waals surface area (Å²) in [7, 11) is 0. The molecule has 1 rings (SSSR count). The molecule has 0 aromatic heterocycles. The van der Waals surface area contributed by atoms with E-state index in [0.717, 1.165) is 6.29 Å². The Bertz CT molecular complexity index is 291. The molecule has 2 atom stereocenters. The monoisotopic (exact) mass is 194 g/mol. The van der Waals surface area contributed by atoms with E-state index in [0.29, 0.717) is 6.42 Å². The van der Waals surface area contributed by atoms with E-state index in [2.05, 4.69) is 0 Å². The molecule has 76 valence electrons. The van der Waals surface area contributed by atoms with Crippen molar-refractivity contribution in [2.24, 2.45) is 5.41 Å². The predicted molar refractivity (Wildman–Crippen MR) is 52.6 cm³/mol. The second kappa shape index (κ2) is 4.22. The van der Waals surface area contributed by atoms with E-state index in [1.165, 1.54) is 6.92 Å². The average Bonchev–Trinajstić information content (AvgIpc) is 2.18. The van der Waals surface area contributed by atoms with E-state index in [4.69, 9.17) is 4.74 Å². The lowest BCUT2D eigenvalue weighted by atomic mass is 9.78. The highest BCUT2D eigenvalue weighted by Crippen LogP contribution is 2.31. The van der Waals surface area contributed by atoms with Crippen LogP contribution in [-0.2, 0) is 14.3 Å². The molecule has 0 heterocycles. The van der Waals surface area contributed by atoms with Gasteiger partial charge in [-0.05, 0) is 12.5 Å². The highest BCUT2D eigenvalue weighted by atomic mass is 16.5. The molecule has 3 nitrogen and oxygen atoms in total. The molecule has 1 aliphatic carbocycles. The first-order chi connectivity index (χ1) is 6.64. The minimum atomic E-state index is -0.680. The number of carbonyl (C=O) groups is 2. The fourth-order valence-corrected chi connectivity index (χ4v) is 1.51. The van der Waals surface area contributed by atoms with Crippen LogP contribution in [0.5, 0.6) is 0 Å². The van der Waals surface area contributed by atoms with Crippen molar-refractivity contribution in [3.8, 4) is 0 Å². The molecule has 0 radical (unpaired) electrons. The van der Waals surface area contributed by atoms with Gasteiger partial charge in [-0.15, -0.1) is 0 Å². The molecule has 0 spiro atoms. The molecule has 0 amide bonds. The van der Waals surface area contributed by atoms with Crippen molar-refractivity contribution < 1.29 is 14.3 Å². The molecule has 0 aromatic carbocycles. The Labute approximate surface area is 83.4 Å². The molecule has 0 aromatic rings. The van der Waals surface area contributed by atoms with Crippen LogP contribution in [0.2, 0.25) is 0 Å². The van der Waals surface area contributed by atoms with Crippen molar-refractivity contribution in [1.29, 1.82) is 0 Å². The van der Waals surface area contributed by atoms with Gasteiger partial charge in [0.05, 0.1) is 5.41 Å². The molecule has 0 saturated heterocycles. The third-order valence-electron chi connectivity index (χ3n) is 2.46. The Hall–Kier alpha value is -1.38. The van der Waals surface area contributed by atoms with Crippen molar-refractivity contribution >= 4 is 12.3 Å². The van der Waals surface area contributed by atoms with Crippen LogP contribution < -0.4 is 0 Å². The van der Waals surface area contributed by atoms with E-state index in [-0.39, 0.29) is 5.97 Å². The number of aldehydes is 1. The molecule has 1 aliphatic rings. The molecule has 2 unspecified atom stereocenters. The summed E-state index contributed by atoms with van der Waals surface area (Å²) in [6, 6.07) is 0. The van der Waals surface area contributed by atoms with Crippen molar-refractivity contribution in [2.45, 2.75) is 26.4 Å². The maximum Gasteiger partial charge on any atom is 0.303 e. The summed E-state index contributed by atoms with van der Waals surface area (Å²) < 4.78 is 5.08. The summed E-state index contributed by atoms with van der Waals surface area (Å²) in [5.41, 5.74) is -0.680. The molecule has 3 heteroatoms. The van der Waals surface area contributed by atoms with Gasteiger partial charge in [0, 0.05) is 6.92 Å². The van der Waals surface area contributed by atoms with Crippen LogP contribution in [0, 0.1) is 5.41 Å². The maximum atomic E-state index is 11.0. The third kappa shape index (κ3) is 1.92. The third-order valence-corrected chi connectivity index (χ3v) is 2.46. The first kappa shape index (κ1) is 10.7. The minimum absolute atomic E-state index is 0.366. The Morgan fingerprint density at radius 1 is 1.57 bits per heavy atom. The standard InChI is InChI=1S/C11H14O3/c1-3-11(8-12)7-5-4-6-10(11)14-9(2)13/h4-8,10H,3H2,1-2H3. The number of ether oxygens (including phenoxy) is 1. The van der Waals surface area contributed by atoms with Crippen LogP contribution in [0.4, 0.5) is 0 Å². The SMILES string of the molecule is CCC1(C=O)C=CC=CC1OC(C)=O. The lowest BCUT2D eigenvalue weighted by Gasteiger charge is -2.31. The van der Waals surface area contributed by atoms with E-state index in [9.17, 15) is 9.59 Å². The van der Waals surface area contributed by atoms with Gasteiger partial charge in [0.15, 0.2) is 0 Å². The Morgan fingerprint density at radius 3 is 2.79 bits per heavy atom. The highest BCUT2D eigenvalue weighted by Gasteiger charge is 2.36. The molecule has 14 heavy (non-hydrogen) atoms. The Kier molecular flexibility index (Phi) is 3.23. The number of carbonyl (C=O) groups excluding carboxylic acids is 2. The lowest BCUT2D eigenvalue weighted by molar-refractivity contribution is -0.149. The summed E-state index contributed by atoms with van der Waals surface area (Å²) >= 11 is 0. The number of esters is 1. The fraction of sp³-hybridized carbons (Fsp3) is 0.455. The van der Waals surface area contributed by atoms with E-state index >= 15 is 0 Å². The largest absolute Gasteiger partial charge is 0.457 e. The van der Waals surface area contributed by atoms with Crippen molar-refractivity contribution in [2.75, 3.05) is 0 Å². The average molecular weight is 194 g/mol. The topological polar surface area (TPSA) is 43.4 Å². The normalized spacial score (nSPS) is 30.0. The van der Waals surface area contributed by atoms with Gasteiger partial charge in [0.25, 0.3) is 0 Å². The van der Waals surface area contributed by atoms with E-state index in [1.807, 2.05) is 6.92 Å². The smallest absolute Gasteiger partial charge is 0.303 e. The van der Waals surface area contributed by atoms with Gasteiger partial charge in [0.1, 0.15) is 12.4 Å². The van der Waals surface area contributed by atoms with Crippen LogP contribution in [0.1, 0.15) is 20.3 Å². The van der Waals surface area contributed by atoms with Crippen molar-refractivity contribution in [3.05, 3.63) is 24.3 Å². The zero-order valence-electron chi connectivity index (χ0n) is 8.40. The second-order valence-corrected chi connectivity index (χ2v) is 3.36. The summed E-state index contributed by atoms with van der Waals surface area (Å²) in [6.45, 7) is 3.24. The number of hydrogen-bond acceptors (Lipinski definition) is 3. The van der Waals surface area contributed by atoms with Crippen LogP contribution >= 0.6 is 0 Å². The molecular weight excluding hydrogens is 180 g/mol. The first-order valence-corrected chi connectivity index (χ1v) is 4.64. The van der Waals surface area contributed by atoms with Crippen LogP contribution in [-0.4, -0.2) is 18.4 Å².